The highest BCUT2D eigenvalue weighted by Gasteiger charge is 2.05. The van der Waals surface area contributed by atoms with E-state index in [4.69, 9.17) is 9.47 Å². The van der Waals surface area contributed by atoms with Crippen LogP contribution >= 0.6 is 22.6 Å². The van der Waals surface area contributed by atoms with Gasteiger partial charge in [0.05, 0.1) is 6.42 Å². The molecule has 106 valence electrons. The lowest BCUT2D eigenvalue weighted by Crippen LogP contribution is -2.08. The Morgan fingerprint density at radius 3 is 2.57 bits per heavy atom. The molecule has 2 aromatic rings. The standard InChI is InChI=1S/C17H13IO3/c18-10-5-11-20-17(19)13-14-6-4-9-16(12-14)21-15-7-2-1-3-8-15/h1-4,6-9,12H,11,13H2. The number of esters is 1. The van der Waals surface area contributed by atoms with Gasteiger partial charge in [-0.2, -0.15) is 0 Å². The molecule has 0 saturated carbocycles. The van der Waals surface area contributed by atoms with Crippen molar-refractivity contribution in [3.8, 4) is 21.3 Å². The highest BCUT2D eigenvalue weighted by Crippen LogP contribution is 2.22. The lowest BCUT2D eigenvalue weighted by atomic mass is 10.1. The number of rotatable bonds is 5. The number of benzene rings is 2. The predicted octanol–water partition coefficient (Wildman–Crippen LogP) is 3.96. The van der Waals surface area contributed by atoms with E-state index in [2.05, 4.69) is 9.85 Å². The van der Waals surface area contributed by atoms with Gasteiger partial charge in [-0.15, -0.1) is 0 Å². The maximum atomic E-state index is 11.6. The summed E-state index contributed by atoms with van der Waals surface area (Å²) < 4.78 is 13.4. The lowest BCUT2D eigenvalue weighted by Gasteiger charge is -2.07. The number of ether oxygens (including phenoxy) is 2. The third kappa shape index (κ3) is 5.48. The molecule has 21 heavy (non-hydrogen) atoms. The van der Waals surface area contributed by atoms with Crippen molar-refractivity contribution in [3.63, 3.8) is 0 Å². The van der Waals surface area contributed by atoms with Crippen LogP contribution in [0.1, 0.15) is 5.56 Å². The Bertz CT molecular complexity index is 656. The average molecular weight is 392 g/mol. The summed E-state index contributed by atoms with van der Waals surface area (Å²) in [7, 11) is 0. The summed E-state index contributed by atoms with van der Waals surface area (Å²) >= 11 is 1.90. The van der Waals surface area contributed by atoms with Gasteiger partial charge in [0.1, 0.15) is 11.5 Å². The second-order valence-electron chi connectivity index (χ2n) is 4.17. The molecule has 0 N–H and O–H groups in total. The molecule has 0 aliphatic carbocycles. The van der Waals surface area contributed by atoms with Crippen molar-refractivity contribution < 1.29 is 14.3 Å². The molecule has 0 spiro atoms. The fourth-order valence-electron chi connectivity index (χ4n) is 1.71. The lowest BCUT2D eigenvalue weighted by molar-refractivity contribution is -0.141. The van der Waals surface area contributed by atoms with Crippen LogP contribution < -0.4 is 4.74 Å². The van der Waals surface area contributed by atoms with Gasteiger partial charge < -0.3 is 9.47 Å². The van der Waals surface area contributed by atoms with E-state index >= 15 is 0 Å². The normalized spacial score (nSPS) is 9.38. The van der Waals surface area contributed by atoms with E-state index in [-0.39, 0.29) is 19.0 Å². The molecule has 0 aliphatic heterocycles. The van der Waals surface area contributed by atoms with E-state index in [1.165, 1.54) is 0 Å². The molecule has 0 saturated heterocycles. The number of halogens is 1. The monoisotopic (exact) mass is 392 g/mol. The fraction of sp³-hybridized carbons (Fsp3) is 0.118. The number of hydrogen-bond acceptors (Lipinski definition) is 3. The van der Waals surface area contributed by atoms with Gasteiger partial charge in [-0.05, 0) is 33.8 Å². The van der Waals surface area contributed by atoms with Crippen LogP contribution in [0, 0.1) is 9.85 Å². The largest absolute Gasteiger partial charge is 0.457 e. The van der Waals surface area contributed by atoms with Crippen LogP contribution in [0.3, 0.4) is 0 Å². The van der Waals surface area contributed by atoms with Crippen LogP contribution in [-0.2, 0) is 16.0 Å². The Hall–Kier alpha value is -2.00. The quantitative estimate of drug-likeness (QED) is 0.439. The van der Waals surface area contributed by atoms with Crippen molar-refractivity contribution in [2.24, 2.45) is 0 Å². The van der Waals surface area contributed by atoms with Crippen LogP contribution in [-0.4, -0.2) is 12.6 Å². The Morgan fingerprint density at radius 1 is 1.05 bits per heavy atom. The minimum absolute atomic E-state index is 0.127. The third-order valence-corrected chi connectivity index (χ3v) is 2.98. The summed E-state index contributed by atoms with van der Waals surface area (Å²) in [5, 5.41) is 0. The second kappa shape index (κ2) is 8.32. The molecular weight excluding hydrogens is 379 g/mol. The molecule has 0 heterocycles. The Kier molecular flexibility index (Phi) is 6.10. The zero-order chi connectivity index (χ0) is 14.9. The highest BCUT2D eigenvalue weighted by atomic mass is 127. The molecule has 0 bridgehead atoms. The molecule has 0 aliphatic rings. The zero-order valence-electron chi connectivity index (χ0n) is 11.2. The number of carbonyl (C=O) groups excluding carboxylic acids is 1. The smallest absolute Gasteiger partial charge is 0.311 e. The van der Waals surface area contributed by atoms with Gasteiger partial charge in [-0.3, -0.25) is 4.79 Å². The van der Waals surface area contributed by atoms with E-state index in [1.54, 1.807) is 0 Å². The first-order valence-corrected chi connectivity index (χ1v) is 7.42. The van der Waals surface area contributed by atoms with Crippen molar-refractivity contribution in [1.29, 1.82) is 0 Å². The second-order valence-corrected chi connectivity index (χ2v) is 4.71. The van der Waals surface area contributed by atoms with E-state index in [0.717, 1.165) is 11.3 Å². The molecule has 0 unspecified atom stereocenters. The van der Waals surface area contributed by atoms with Crippen LogP contribution in [0.15, 0.2) is 54.6 Å². The zero-order valence-corrected chi connectivity index (χ0v) is 13.4. The molecule has 2 rings (SSSR count). The average Bonchev–Trinajstić information content (AvgIpc) is 2.49. The highest BCUT2D eigenvalue weighted by molar-refractivity contribution is 14.1. The third-order valence-electron chi connectivity index (χ3n) is 2.60. The van der Waals surface area contributed by atoms with Crippen LogP contribution in [0.25, 0.3) is 0 Å². The first-order valence-electron chi connectivity index (χ1n) is 6.34. The van der Waals surface area contributed by atoms with Crippen molar-refractivity contribution in [3.05, 3.63) is 60.2 Å². The summed E-state index contributed by atoms with van der Waals surface area (Å²) in [5.74, 6) is 3.83. The summed E-state index contributed by atoms with van der Waals surface area (Å²) in [5.41, 5.74) is 0.843. The number of para-hydroxylation sites is 1. The van der Waals surface area contributed by atoms with Crippen molar-refractivity contribution in [2.45, 2.75) is 6.42 Å². The van der Waals surface area contributed by atoms with Gasteiger partial charge in [0, 0.05) is 22.6 Å². The topological polar surface area (TPSA) is 35.5 Å². The van der Waals surface area contributed by atoms with Gasteiger partial charge in [0.2, 0.25) is 0 Å². The SMILES string of the molecule is O=C(Cc1cccc(Oc2ccccc2)c1)OCC#CI. The van der Waals surface area contributed by atoms with E-state index in [9.17, 15) is 4.79 Å². The minimum Gasteiger partial charge on any atom is -0.457 e. The fourth-order valence-corrected chi connectivity index (χ4v) is 1.86. The Morgan fingerprint density at radius 2 is 1.81 bits per heavy atom. The van der Waals surface area contributed by atoms with Crippen molar-refractivity contribution in [1.82, 2.24) is 0 Å². The molecule has 0 fully saturated rings. The van der Waals surface area contributed by atoms with E-state index in [1.807, 2.05) is 77.2 Å². The van der Waals surface area contributed by atoms with Crippen LogP contribution in [0.5, 0.6) is 11.5 Å². The molecule has 0 aromatic heterocycles. The van der Waals surface area contributed by atoms with E-state index in [0.29, 0.717) is 5.75 Å². The van der Waals surface area contributed by atoms with Gasteiger partial charge in [-0.25, -0.2) is 0 Å². The summed E-state index contributed by atoms with van der Waals surface area (Å²) in [4.78, 5) is 11.6. The molecule has 0 amide bonds. The Labute approximate surface area is 137 Å². The summed E-state index contributed by atoms with van der Waals surface area (Å²) in [6.45, 7) is 0.127. The molecule has 3 nitrogen and oxygen atoms in total. The summed E-state index contributed by atoms with van der Waals surface area (Å²) in [6.07, 6.45) is 0.203. The predicted molar refractivity (Wildman–Crippen MR) is 89.4 cm³/mol. The molecule has 2 aromatic carbocycles. The van der Waals surface area contributed by atoms with Gasteiger partial charge in [0.25, 0.3) is 0 Å². The van der Waals surface area contributed by atoms with E-state index < -0.39 is 0 Å². The van der Waals surface area contributed by atoms with Gasteiger partial charge in [-0.1, -0.05) is 36.3 Å². The number of carbonyl (C=O) groups is 1. The Balaban J connectivity index is 1.97. The molecule has 0 radical (unpaired) electrons. The van der Waals surface area contributed by atoms with Gasteiger partial charge >= 0.3 is 5.97 Å². The number of hydrogen-bond donors (Lipinski definition) is 0. The van der Waals surface area contributed by atoms with Crippen molar-refractivity contribution in [2.75, 3.05) is 6.61 Å². The first kappa shape index (κ1) is 15.4. The maximum Gasteiger partial charge on any atom is 0.311 e. The van der Waals surface area contributed by atoms with Crippen LogP contribution in [0.2, 0.25) is 0 Å². The molecule has 4 heteroatoms. The molecule has 0 atom stereocenters. The maximum absolute atomic E-state index is 11.6. The summed E-state index contributed by atoms with van der Waals surface area (Å²) in [6, 6.07) is 16.9. The van der Waals surface area contributed by atoms with Crippen LogP contribution in [0.4, 0.5) is 0 Å². The van der Waals surface area contributed by atoms with Crippen molar-refractivity contribution >= 4 is 28.6 Å². The van der Waals surface area contributed by atoms with Gasteiger partial charge in [0.15, 0.2) is 6.61 Å². The first-order chi connectivity index (χ1) is 10.3. The minimum atomic E-state index is -0.300. The molecular formula is C17H13IO3.